The minimum atomic E-state index is -0.409. The van der Waals surface area contributed by atoms with Crippen LogP contribution in [0.5, 0.6) is 0 Å². The summed E-state index contributed by atoms with van der Waals surface area (Å²) in [6.07, 6.45) is 3.45. The molecule has 15 heavy (non-hydrogen) atoms. The Morgan fingerprint density at radius 1 is 1.47 bits per heavy atom. The summed E-state index contributed by atoms with van der Waals surface area (Å²) in [6.45, 7) is 1.87. The van der Waals surface area contributed by atoms with Crippen LogP contribution in [0.4, 0.5) is 5.69 Å². The fourth-order valence-corrected chi connectivity index (χ4v) is 1.33. The molecule has 0 aliphatic heterocycles. The van der Waals surface area contributed by atoms with Gasteiger partial charge in [0.25, 0.3) is 5.69 Å². The number of rotatable bonds is 2. The first-order chi connectivity index (χ1) is 7.16. The van der Waals surface area contributed by atoms with Crippen LogP contribution in [0, 0.1) is 17.0 Å². The first-order valence-electron chi connectivity index (χ1n) is 4.42. The summed E-state index contributed by atoms with van der Waals surface area (Å²) < 4.78 is 1.75. The Morgan fingerprint density at radius 2 is 2.27 bits per heavy atom. The summed E-state index contributed by atoms with van der Waals surface area (Å²) in [6, 6.07) is 6.44. The van der Waals surface area contributed by atoms with Gasteiger partial charge in [0.2, 0.25) is 0 Å². The van der Waals surface area contributed by atoms with E-state index in [1.54, 1.807) is 23.0 Å². The van der Waals surface area contributed by atoms with E-state index in [1.807, 2.05) is 13.1 Å². The maximum Gasteiger partial charge on any atom is 0.271 e. The molecule has 0 unspecified atom stereocenters. The van der Waals surface area contributed by atoms with E-state index in [9.17, 15) is 10.1 Å². The second-order valence-electron chi connectivity index (χ2n) is 3.20. The third-order valence-electron chi connectivity index (χ3n) is 2.05. The molecular weight excluding hydrogens is 194 g/mol. The van der Waals surface area contributed by atoms with Gasteiger partial charge < -0.3 is 4.57 Å². The monoisotopic (exact) mass is 203 g/mol. The van der Waals surface area contributed by atoms with E-state index in [0.29, 0.717) is 0 Å². The molecule has 0 saturated heterocycles. The van der Waals surface area contributed by atoms with Crippen LogP contribution in [0.2, 0.25) is 0 Å². The molecule has 1 heterocycles. The number of nitro benzene ring substituents is 1. The Balaban J connectivity index is 2.45. The van der Waals surface area contributed by atoms with Crippen LogP contribution >= 0.6 is 0 Å². The van der Waals surface area contributed by atoms with E-state index in [2.05, 4.69) is 4.98 Å². The third kappa shape index (κ3) is 1.85. The minimum Gasteiger partial charge on any atom is -0.306 e. The summed E-state index contributed by atoms with van der Waals surface area (Å²) in [5, 5.41) is 10.6. The van der Waals surface area contributed by atoms with Gasteiger partial charge in [0, 0.05) is 18.3 Å². The number of imidazole rings is 1. The Kier molecular flexibility index (Phi) is 2.21. The average Bonchev–Trinajstić information content (AvgIpc) is 2.65. The standard InChI is InChI=1S/C10H9N3O2/c1-8-6-12(7-11-8)9-3-2-4-10(5-9)13(14)15/h2-7H,1H3. The van der Waals surface area contributed by atoms with Crippen molar-refractivity contribution in [2.24, 2.45) is 0 Å². The lowest BCUT2D eigenvalue weighted by molar-refractivity contribution is -0.384. The molecule has 2 rings (SSSR count). The Bertz CT molecular complexity index is 505. The Labute approximate surface area is 86.1 Å². The molecule has 0 amide bonds. The van der Waals surface area contributed by atoms with E-state index in [0.717, 1.165) is 11.4 Å². The molecule has 76 valence electrons. The summed E-state index contributed by atoms with van der Waals surface area (Å²) in [5.74, 6) is 0. The summed E-state index contributed by atoms with van der Waals surface area (Å²) in [4.78, 5) is 14.2. The number of hydrogen-bond donors (Lipinski definition) is 0. The zero-order chi connectivity index (χ0) is 10.8. The van der Waals surface area contributed by atoms with Gasteiger partial charge in [-0.25, -0.2) is 4.98 Å². The van der Waals surface area contributed by atoms with Crippen LogP contribution in [0.3, 0.4) is 0 Å². The predicted octanol–water partition coefficient (Wildman–Crippen LogP) is 2.09. The molecule has 0 aliphatic rings. The smallest absolute Gasteiger partial charge is 0.271 e. The van der Waals surface area contributed by atoms with Crippen LogP contribution in [-0.2, 0) is 0 Å². The van der Waals surface area contributed by atoms with Gasteiger partial charge in [-0.3, -0.25) is 10.1 Å². The van der Waals surface area contributed by atoms with Gasteiger partial charge in [-0.05, 0) is 13.0 Å². The quantitative estimate of drug-likeness (QED) is 0.554. The molecule has 5 nitrogen and oxygen atoms in total. The highest BCUT2D eigenvalue weighted by molar-refractivity contribution is 5.43. The fraction of sp³-hybridized carbons (Fsp3) is 0.100. The summed E-state index contributed by atoms with van der Waals surface area (Å²) in [7, 11) is 0. The van der Waals surface area contributed by atoms with Gasteiger partial charge in [-0.15, -0.1) is 0 Å². The first-order valence-corrected chi connectivity index (χ1v) is 4.42. The molecule has 0 radical (unpaired) electrons. The van der Waals surface area contributed by atoms with E-state index < -0.39 is 4.92 Å². The molecule has 0 N–H and O–H groups in total. The topological polar surface area (TPSA) is 61.0 Å². The van der Waals surface area contributed by atoms with Crippen molar-refractivity contribution in [1.82, 2.24) is 9.55 Å². The number of hydrogen-bond acceptors (Lipinski definition) is 3. The molecule has 0 aliphatic carbocycles. The number of benzene rings is 1. The largest absolute Gasteiger partial charge is 0.306 e. The number of aryl methyl sites for hydroxylation is 1. The molecule has 1 aromatic carbocycles. The van der Waals surface area contributed by atoms with Gasteiger partial charge >= 0.3 is 0 Å². The molecule has 1 aromatic heterocycles. The lowest BCUT2D eigenvalue weighted by Crippen LogP contribution is -1.93. The fourth-order valence-electron chi connectivity index (χ4n) is 1.33. The Hall–Kier alpha value is -2.17. The highest BCUT2D eigenvalue weighted by Gasteiger charge is 2.06. The van der Waals surface area contributed by atoms with Crippen molar-refractivity contribution in [1.29, 1.82) is 0 Å². The average molecular weight is 203 g/mol. The normalized spacial score (nSPS) is 10.2. The zero-order valence-corrected chi connectivity index (χ0v) is 8.12. The molecule has 5 heteroatoms. The molecule has 0 saturated carbocycles. The lowest BCUT2D eigenvalue weighted by Gasteiger charge is -2.00. The van der Waals surface area contributed by atoms with Crippen LogP contribution in [0.15, 0.2) is 36.8 Å². The summed E-state index contributed by atoms with van der Waals surface area (Å²) >= 11 is 0. The second kappa shape index (κ2) is 3.53. The van der Waals surface area contributed by atoms with Crippen molar-refractivity contribution in [2.75, 3.05) is 0 Å². The third-order valence-corrected chi connectivity index (χ3v) is 2.05. The minimum absolute atomic E-state index is 0.0823. The first kappa shape index (κ1) is 9.39. The van der Waals surface area contributed by atoms with Gasteiger partial charge in [0.05, 0.1) is 22.6 Å². The SMILES string of the molecule is Cc1cn(-c2cccc([N+](=O)[O-])c2)cn1. The number of aromatic nitrogens is 2. The lowest BCUT2D eigenvalue weighted by atomic mass is 10.3. The van der Waals surface area contributed by atoms with Crippen LogP contribution < -0.4 is 0 Å². The predicted molar refractivity (Wildman–Crippen MR) is 55.0 cm³/mol. The highest BCUT2D eigenvalue weighted by Crippen LogP contribution is 2.16. The van der Waals surface area contributed by atoms with Gasteiger partial charge in [0.15, 0.2) is 0 Å². The van der Waals surface area contributed by atoms with E-state index in [1.165, 1.54) is 12.1 Å². The van der Waals surface area contributed by atoms with Crippen molar-refractivity contribution >= 4 is 5.69 Å². The van der Waals surface area contributed by atoms with E-state index in [4.69, 9.17) is 0 Å². The second-order valence-corrected chi connectivity index (χ2v) is 3.20. The van der Waals surface area contributed by atoms with Crippen LogP contribution in [-0.4, -0.2) is 14.5 Å². The summed E-state index contributed by atoms with van der Waals surface area (Å²) in [5.41, 5.74) is 1.70. The maximum absolute atomic E-state index is 10.6. The van der Waals surface area contributed by atoms with Gasteiger partial charge in [-0.2, -0.15) is 0 Å². The molecule has 2 aromatic rings. The van der Waals surface area contributed by atoms with Crippen LogP contribution in [0.1, 0.15) is 5.69 Å². The van der Waals surface area contributed by atoms with E-state index >= 15 is 0 Å². The number of non-ortho nitro benzene ring substituents is 1. The van der Waals surface area contributed by atoms with Gasteiger partial charge in [0.1, 0.15) is 0 Å². The zero-order valence-electron chi connectivity index (χ0n) is 8.12. The van der Waals surface area contributed by atoms with Crippen LogP contribution in [0.25, 0.3) is 5.69 Å². The van der Waals surface area contributed by atoms with Crippen molar-refractivity contribution in [3.63, 3.8) is 0 Å². The maximum atomic E-state index is 10.6. The van der Waals surface area contributed by atoms with E-state index in [-0.39, 0.29) is 5.69 Å². The highest BCUT2D eigenvalue weighted by atomic mass is 16.6. The molecular formula is C10H9N3O2. The van der Waals surface area contributed by atoms with Crippen molar-refractivity contribution in [3.05, 3.63) is 52.6 Å². The van der Waals surface area contributed by atoms with Crippen molar-refractivity contribution < 1.29 is 4.92 Å². The molecule has 0 bridgehead atoms. The molecule has 0 atom stereocenters. The number of nitro groups is 1. The number of nitrogens with zero attached hydrogens (tertiary/aromatic N) is 3. The van der Waals surface area contributed by atoms with Crippen molar-refractivity contribution in [2.45, 2.75) is 6.92 Å². The Morgan fingerprint density at radius 3 is 2.87 bits per heavy atom. The molecule has 0 spiro atoms. The van der Waals surface area contributed by atoms with Crippen molar-refractivity contribution in [3.8, 4) is 5.69 Å². The molecule has 0 fully saturated rings. The van der Waals surface area contributed by atoms with Gasteiger partial charge in [-0.1, -0.05) is 6.07 Å².